The Labute approximate surface area is 112 Å². The van der Waals surface area contributed by atoms with E-state index < -0.39 is 5.97 Å². The number of hydrogen-bond donors (Lipinski definition) is 2. The van der Waals surface area contributed by atoms with Gasteiger partial charge in [0.1, 0.15) is 0 Å². The van der Waals surface area contributed by atoms with Gasteiger partial charge in [-0.05, 0) is 18.9 Å². The maximum Gasteiger partial charge on any atom is 0.318 e. The van der Waals surface area contributed by atoms with Crippen LogP contribution in [0.2, 0.25) is 0 Å². The zero-order valence-electron chi connectivity index (χ0n) is 10.9. The predicted octanol–water partition coefficient (Wildman–Crippen LogP) is 1.75. The summed E-state index contributed by atoms with van der Waals surface area (Å²) < 4.78 is 0. The van der Waals surface area contributed by atoms with Crippen molar-refractivity contribution in [1.29, 1.82) is 0 Å². The van der Waals surface area contributed by atoms with E-state index >= 15 is 0 Å². The van der Waals surface area contributed by atoms with Crippen LogP contribution in [-0.4, -0.2) is 34.6 Å². The van der Waals surface area contributed by atoms with E-state index in [9.17, 15) is 9.59 Å². The highest BCUT2D eigenvalue weighted by molar-refractivity contribution is 5.77. The number of carbonyl (C=O) groups excluding carboxylic acids is 1. The lowest BCUT2D eigenvalue weighted by Gasteiger charge is -2.14. The third-order valence-corrected chi connectivity index (χ3v) is 3.26. The van der Waals surface area contributed by atoms with E-state index in [-0.39, 0.29) is 18.5 Å². The Kier molecular flexibility index (Phi) is 4.04. The van der Waals surface area contributed by atoms with Gasteiger partial charge in [-0.2, -0.15) is 0 Å². The minimum atomic E-state index is -0.828. The number of nitrogens with one attached hydrogen (secondary N) is 1. The Balaban J connectivity index is 1.89. The molecular formula is C14H18N2O3. The Morgan fingerprint density at radius 1 is 1.42 bits per heavy atom. The van der Waals surface area contributed by atoms with Crippen molar-refractivity contribution in [1.82, 2.24) is 10.2 Å². The average Bonchev–Trinajstić information content (AvgIpc) is 2.71. The fourth-order valence-electron chi connectivity index (χ4n) is 2.17. The van der Waals surface area contributed by atoms with Gasteiger partial charge in [-0.1, -0.05) is 29.8 Å². The molecule has 2 amide bonds. The van der Waals surface area contributed by atoms with Crippen LogP contribution < -0.4 is 5.32 Å². The lowest BCUT2D eigenvalue weighted by molar-refractivity contribution is -0.137. The third-order valence-electron chi connectivity index (χ3n) is 3.26. The molecule has 1 saturated heterocycles. The first-order chi connectivity index (χ1) is 9.04. The van der Waals surface area contributed by atoms with Crippen LogP contribution in [0.1, 0.15) is 24.0 Å². The zero-order chi connectivity index (χ0) is 13.8. The van der Waals surface area contributed by atoms with Crippen molar-refractivity contribution in [3.63, 3.8) is 0 Å². The van der Waals surface area contributed by atoms with Gasteiger partial charge in [0.25, 0.3) is 0 Å². The molecule has 1 heterocycles. The molecule has 1 aromatic carbocycles. The molecule has 102 valence electrons. The molecule has 0 radical (unpaired) electrons. The van der Waals surface area contributed by atoms with Crippen molar-refractivity contribution in [3.8, 4) is 0 Å². The fraction of sp³-hybridized carbons (Fsp3) is 0.429. The molecule has 19 heavy (non-hydrogen) atoms. The first-order valence-electron chi connectivity index (χ1n) is 6.37. The van der Waals surface area contributed by atoms with Crippen molar-refractivity contribution in [2.45, 2.75) is 32.4 Å². The van der Waals surface area contributed by atoms with Crippen LogP contribution in [0.3, 0.4) is 0 Å². The molecule has 0 aromatic heterocycles. The van der Waals surface area contributed by atoms with Gasteiger partial charge in [0.2, 0.25) is 0 Å². The Bertz CT molecular complexity index is 470. The molecule has 1 unspecified atom stereocenters. The normalized spacial score (nSPS) is 18.5. The molecule has 5 heteroatoms. The summed E-state index contributed by atoms with van der Waals surface area (Å²) in [6.07, 6.45) is 0.564. The van der Waals surface area contributed by atoms with Crippen molar-refractivity contribution in [2.24, 2.45) is 0 Å². The minimum Gasteiger partial charge on any atom is -0.481 e. The lowest BCUT2D eigenvalue weighted by atomic mass is 10.1. The van der Waals surface area contributed by atoms with Gasteiger partial charge < -0.3 is 15.3 Å². The largest absolute Gasteiger partial charge is 0.481 e. The maximum absolute atomic E-state index is 11.8. The van der Waals surface area contributed by atoms with Gasteiger partial charge in [-0.3, -0.25) is 4.79 Å². The topological polar surface area (TPSA) is 69.6 Å². The molecule has 2 N–H and O–H groups in total. The predicted molar refractivity (Wildman–Crippen MR) is 70.8 cm³/mol. The molecule has 1 fully saturated rings. The van der Waals surface area contributed by atoms with Crippen LogP contribution in [0.25, 0.3) is 0 Å². The first-order valence-corrected chi connectivity index (χ1v) is 6.37. The summed E-state index contributed by atoms with van der Waals surface area (Å²) in [5, 5.41) is 11.5. The maximum atomic E-state index is 11.8. The minimum absolute atomic E-state index is 0.0611. The van der Waals surface area contributed by atoms with Crippen LogP contribution in [0, 0.1) is 6.92 Å². The van der Waals surface area contributed by atoms with E-state index in [1.807, 2.05) is 31.2 Å². The molecular weight excluding hydrogens is 244 g/mol. The second kappa shape index (κ2) is 5.73. The number of aryl methyl sites for hydroxylation is 1. The average molecular weight is 262 g/mol. The highest BCUT2D eigenvalue weighted by Crippen LogP contribution is 2.13. The zero-order valence-corrected chi connectivity index (χ0v) is 10.9. The van der Waals surface area contributed by atoms with Gasteiger partial charge in [-0.15, -0.1) is 0 Å². The number of urea groups is 1. The van der Waals surface area contributed by atoms with Crippen LogP contribution in [0.5, 0.6) is 0 Å². The van der Waals surface area contributed by atoms with Crippen LogP contribution in [-0.2, 0) is 11.3 Å². The summed E-state index contributed by atoms with van der Waals surface area (Å²) >= 11 is 0. The van der Waals surface area contributed by atoms with Crippen LogP contribution in [0.4, 0.5) is 4.79 Å². The monoisotopic (exact) mass is 262 g/mol. The summed E-state index contributed by atoms with van der Waals surface area (Å²) in [7, 11) is 0. The number of carbonyl (C=O) groups is 2. The first kappa shape index (κ1) is 13.4. The number of nitrogens with zero attached hydrogens (tertiary/aromatic N) is 1. The van der Waals surface area contributed by atoms with Gasteiger partial charge in [-0.25, -0.2) is 4.79 Å². The molecule has 5 nitrogen and oxygen atoms in total. The summed E-state index contributed by atoms with van der Waals surface area (Å²) in [4.78, 5) is 24.0. The highest BCUT2D eigenvalue weighted by Gasteiger charge is 2.28. The lowest BCUT2D eigenvalue weighted by Crippen LogP contribution is -2.28. The smallest absolute Gasteiger partial charge is 0.318 e. The molecule has 1 aliphatic rings. The quantitative estimate of drug-likeness (QED) is 0.849. The standard InChI is InChI=1S/C14H18N2O3/c1-10-2-4-11(5-3-10)8-16-9-12(15-14(16)19)6-7-13(17)18/h2-5,12H,6-9H2,1H3,(H,15,19)(H,17,18). The van der Waals surface area contributed by atoms with Gasteiger partial charge in [0, 0.05) is 25.6 Å². The molecule has 0 bridgehead atoms. The number of benzene rings is 1. The van der Waals surface area contributed by atoms with Crippen molar-refractivity contribution >= 4 is 12.0 Å². The Morgan fingerprint density at radius 2 is 2.11 bits per heavy atom. The van der Waals surface area contributed by atoms with E-state index in [0.717, 1.165) is 5.56 Å². The second-order valence-electron chi connectivity index (χ2n) is 4.94. The molecule has 1 aromatic rings. The summed E-state index contributed by atoms with van der Waals surface area (Å²) in [6.45, 7) is 3.16. The molecule has 0 spiro atoms. The number of rotatable bonds is 5. The van der Waals surface area contributed by atoms with Crippen molar-refractivity contribution < 1.29 is 14.7 Å². The number of carboxylic acids is 1. The molecule has 1 aliphatic heterocycles. The van der Waals surface area contributed by atoms with Gasteiger partial charge in [0.15, 0.2) is 0 Å². The summed E-state index contributed by atoms with van der Waals surface area (Å²) in [5.41, 5.74) is 2.27. The number of carboxylic acid groups (broad SMARTS) is 1. The van der Waals surface area contributed by atoms with Gasteiger partial charge >= 0.3 is 12.0 Å². The number of hydrogen-bond acceptors (Lipinski definition) is 2. The molecule has 1 atom stereocenters. The highest BCUT2D eigenvalue weighted by atomic mass is 16.4. The van der Waals surface area contributed by atoms with E-state index in [0.29, 0.717) is 19.5 Å². The fourth-order valence-corrected chi connectivity index (χ4v) is 2.17. The SMILES string of the molecule is Cc1ccc(CN2CC(CCC(=O)O)NC2=O)cc1. The second-order valence-corrected chi connectivity index (χ2v) is 4.94. The molecule has 2 rings (SSSR count). The van der Waals surface area contributed by atoms with E-state index in [1.165, 1.54) is 5.56 Å². The Hall–Kier alpha value is -2.04. The molecule has 0 aliphatic carbocycles. The van der Waals surface area contributed by atoms with Crippen molar-refractivity contribution in [3.05, 3.63) is 35.4 Å². The van der Waals surface area contributed by atoms with E-state index in [2.05, 4.69) is 5.32 Å². The van der Waals surface area contributed by atoms with Crippen molar-refractivity contribution in [2.75, 3.05) is 6.54 Å². The Morgan fingerprint density at radius 3 is 2.74 bits per heavy atom. The third kappa shape index (κ3) is 3.71. The summed E-state index contributed by atoms with van der Waals surface area (Å²) in [5.74, 6) is -0.828. The van der Waals surface area contributed by atoms with Gasteiger partial charge in [0.05, 0.1) is 0 Å². The van der Waals surface area contributed by atoms with E-state index in [1.54, 1.807) is 4.90 Å². The summed E-state index contributed by atoms with van der Waals surface area (Å²) in [6, 6.07) is 7.88. The molecule has 0 saturated carbocycles. The van der Waals surface area contributed by atoms with Crippen LogP contribution in [0.15, 0.2) is 24.3 Å². The number of aliphatic carboxylic acids is 1. The van der Waals surface area contributed by atoms with E-state index in [4.69, 9.17) is 5.11 Å². The number of amides is 2. The van der Waals surface area contributed by atoms with Crippen LogP contribution >= 0.6 is 0 Å².